The van der Waals surface area contributed by atoms with Crippen LogP contribution in [0.15, 0.2) is 18.2 Å². The Morgan fingerprint density at radius 3 is 2.58 bits per heavy atom. The molecule has 0 fully saturated rings. The van der Waals surface area contributed by atoms with Gasteiger partial charge in [-0.15, -0.1) is 12.4 Å². The van der Waals surface area contributed by atoms with Gasteiger partial charge in [-0.05, 0) is 53.1 Å². The Hall–Kier alpha value is -0.400. The molecule has 6 heteroatoms. The van der Waals surface area contributed by atoms with E-state index in [2.05, 4.69) is 19.2 Å². The standard InChI is InChI=1S/C13H18FIN2O.ClH/c1-8(2)5-10(7-16)17-13(18)11-4-3-9(14)6-12(11)15;/h3-4,6,8,10H,5,7,16H2,1-2H3,(H,17,18);1H. The molecule has 0 bridgehead atoms. The molecule has 0 aliphatic carbocycles. The average Bonchev–Trinajstić information content (AvgIpc) is 2.27. The predicted molar refractivity (Wildman–Crippen MR) is 86.1 cm³/mol. The Kier molecular flexibility index (Phi) is 8.52. The van der Waals surface area contributed by atoms with Gasteiger partial charge in [0.1, 0.15) is 5.82 Å². The van der Waals surface area contributed by atoms with Gasteiger partial charge in [-0.25, -0.2) is 4.39 Å². The smallest absolute Gasteiger partial charge is 0.252 e. The minimum atomic E-state index is -0.339. The van der Waals surface area contributed by atoms with E-state index in [-0.39, 0.29) is 30.2 Å². The lowest BCUT2D eigenvalue weighted by Gasteiger charge is -2.19. The minimum Gasteiger partial charge on any atom is -0.348 e. The van der Waals surface area contributed by atoms with Crippen molar-refractivity contribution in [1.29, 1.82) is 0 Å². The monoisotopic (exact) mass is 400 g/mol. The molecular weight excluding hydrogens is 382 g/mol. The second-order valence-electron chi connectivity index (χ2n) is 4.66. The van der Waals surface area contributed by atoms with E-state index in [4.69, 9.17) is 5.73 Å². The van der Waals surface area contributed by atoms with Crippen LogP contribution in [-0.4, -0.2) is 18.5 Å². The molecule has 0 saturated carbocycles. The van der Waals surface area contributed by atoms with E-state index < -0.39 is 0 Å². The summed E-state index contributed by atoms with van der Waals surface area (Å²) >= 11 is 1.95. The molecule has 3 N–H and O–H groups in total. The maximum atomic E-state index is 13.0. The van der Waals surface area contributed by atoms with Crippen LogP contribution in [0.2, 0.25) is 0 Å². The van der Waals surface area contributed by atoms with Crippen LogP contribution >= 0.6 is 35.0 Å². The molecule has 0 radical (unpaired) electrons. The highest BCUT2D eigenvalue weighted by Gasteiger charge is 2.16. The summed E-state index contributed by atoms with van der Waals surface area (Å²) in [5.74, 6) is -0.0739. The highest BCUT2D eigenvalue weighted by molar-refractivity contribution is 14.1. The van der Waals surface area contributed by atoms with Gasteiger partial charge in [-0.3, -0.25) is 4.79 Å². The lowest BCUT2D eigenvalue weighted by atomic mass is 10.0. The molecule has 1 aromatic carbocycles. The van der Waals surface area contributed by atoms with Gasteiger partial charge in [0.15, 0.2) is 0 Å². The summed E-state index contributed by atoms with van der Waals surface area (Å²) in [6.45, 7) is 4.56. The van der Waals surface area contributed by atoms with Crippen molar-refractivity contribution in [3.05, 3.63) is 33.1 Å². The average molecular weight is 401 g/mol. The van der Waals surface area contributed by atoms with Crippen LogP contribution in [0.4, 0.5) is 4.39 Å². The highest BCUT2D eigenvalue weighted by atomic mass is 127. The van der Waals surface area contributed by atoms with Crippen LogP contribution in [-0.2, 0) is 0 Å². The molecule has 108 valence electrons. The van der Waals surface area contributed by atoms with Gasteiger partial charge in [0.05, 0.1) is 5.56 Å². The summed E-state index contributed by atoms with van der Waals surface area (Å²) in [6.07, 6.45) is 0.833. The second kappa shape index (κ2) is 8.71. The molecule has 1 unspecified atom stereocenters. The Bertz CT molecular complexity index is 429. The zero-order valence-corrected chi connectivity index (χ0v) is 13.9. The number of benzene rings is 1. The number of hydrogen-bond acceptors (Lipinski definition) is 2. The molecule has 0 saturated heterocycles. The number of nitrogens with two attached hydrogens (primary N) is 1. The van der Waals surface area contributed by atoms with Gasteiger partial charge in [-0.1, -0.05) is 13.8 Å². The second-order valence-corrected chi connectivity index (χ2v) is 5.82. The molecule has 0 aliphatic heterocycles. The maximum absolute atomic E-state index is 13.0. The van der Waals surface area contributed by atoms with Crippen molar-refractivity contribution in [2.24, 2.45) is 11.7 Å². The van der Waals surface area contributed by atoms with Crippen LogP contribution in [0.1, 0.15) is 30.6 Å². The molecular formula is C13H19ClFIN2O. The molecule has 0 aliphatic rings. The normalized spacial score (nSPS) is 11.9. The number of halogens is 3. The van der Waals surface area contributed by atoms with E-state index in [1.54, 1.807) is 0 Å². The van der Waals surface area contributed by atoms with Crippen molar-refractivity contribution < 1.29 is 9.18 Å². The molecule has 0 heterocycles. The highest BCUT2D eigenvalue weighted by Crippen LogP contribution is 2.14. The number of rotatable bonds is 5. The summed E-state index contributed by atoms with van der Waals surface area (Å²) in [6, 6.07) is 4.08. The van der Waals surface area contributed by atoms with Crippen molar-refractivity contribution in [1.82, 2.24) is 5.32 Å². The van der Waals surface area contributed by atoms with E-state index in [9.17, 15) is 9.18 Å². The van der Waals surface area contributed by atoms with Crippen LogP contribution in [0.3, 0.4) is 0 Å². The van der Waals surface area contributed by atoms with Crippen molar-refractivity contribution in [2.75, 3.05) is 6.54 Å². The molecule has 1 aromatic rings. The fourth-order valence-electron chi connectivity index (χ4n) is 1.72. The zero-order valence-electron chi connectivity index (χ0n) is 11.0. The summed E-state index contributed by atoms with van der Waals surface area (Å²) in [7, 11) is 0. The van der Waals surface area contributed by atoms with Crippen LogP contribution in [0, 0.1) is 15.3 Å². The van der Waals surface area contributed by atoms with Crippen molar-refractivity contribution in [2.45, 2.75) is 26.3 Å². The molecule has 0 aromatic heterocycles. The van der Waals surface area contributed by atoms with Gasteiger partial charge in [0.25, 0.3) is 5.91 Å². The summed E-state index contributed by atoms with van der Waals surface area (Å²) < 4.78 is 13.6. The number of carbonyl (C=O) groups is 1. The lowest BCUT2D eigenvalue weighted by Crippen LogP contribution is -2.41. The lowest BCUT2D eigenvalue weighted by molar-refractivity contribution is 0.0933. The molecule has 19 heavy (non-hydrogen) atoms. The third kappa shape index (κ3) is 6.05. The van der Waals surface area contributed by atoms with Gasteiger partial charge in [-0.2, -0.15) is 0 Å². The topological polar surface area (TPSA) is 55.1 Å². The molecule has 1 amide bonds. The van der Waals surface area contributed by atoms with Crippen molar-refractivity contribution in [3.8, 4) is 0 Å². The van der Waals surface area contributed by atoms with Crippen LogP contribution in [0.5, 0.6) is 0 Å². The first-order chi connectivity index (χ1) is 8.43. The van der Waals surface area contributed by atoms with Crippen molar-refractivity contribution in [3.63, 3.8) is 0 Å². The first-order valence-corrected chi connectivity index (χ1v) is 6.98. The Morgan fingerprint density at radius 1 is 1.47 bits per heavy atom. The minimum absolute atomic E-state index is 0. The first kappa shape index (κ1) is 18.6. The van der Waals surface area contributed by atoms with Gasteiger partial charge >= 0.3 is 0 Å². The van der Waals surface area contributed by atoms with Gasteiger partial charge in [0.2, 0.25) is 0 Å². The number of amides is 1. The van der Waals surface area contributed by atoms with E-state index in [1.807, 2.05) is 22.6 Å². The Labute approximate surface area is 133 Å². The quantitative estimate of drug-likeness (QED) is 0.747. The van der Waals surface area contributed by atoms with E-state index >= 15 is 0 Å². The Morgan fingerprint density at radius 2 is 2.11 bits per heavy atom. The molecule has 1 atom stereocenters. The fourth-order valence-corrected chi connectivity index (χ4v) is 2.44. The number of nitrogens with one attached hydrogen (secondary N) is 1. The molecule has 3 nitrogen and oxygen atoms in total. The van der Waals surface area contributed by atoms with Crippen LogP contribution < -0.4 is 11.1 Å². The van der Waals surface area contributed by atoms with Crippen molar-refractivity contribution >= 4 is 40.9 Å². The molecule has 0 spiro atoms. The largest absolute Gasteiger partial charge is 0.348 e. The summed E-state index contributed by atoms with van der Waals surface area (Å²) in [5.41, 5.74) is 6.12. The predicted octanol–water partition coefficient (Wildman–Crippen LogP) is 2.96. The number of hydrogen-bond donors (Lipinski definition) is 2. The number of carbonyl (C=O) groups excluding carboxylic acids is 1. The summed E-state index contributed by atoms with van der Waals surface area (Å²) in [5, 5.41) is 2.88. The SMILES string of the molecule is CC(C)CC(CN)NC(=O)c1ccc(F)cc1I.Cl. The van der Waals surface area contributed by atoms with E-state index in [0.29, 0.717) is 21.6 Å². The van der Waals surface area contributed by atoms with Crippen LogP contribution in [0.25, 0.3) is 0 Å². The van der Waals surface area contributed by atoms with Gasteiger partial charge < -0.3 is 11.1 Å². The molecule has 1 rings (SSSR count). The summed E-state index contributed by atoms with van der Waals surface area (Å²) in [4.78, 5) is 12.0. The first-order valence-electron chi connectivity index (χ1n) is 5.90. The van der Waals surface area contributed by atoms with E-state index in [1.165, 1.54) is 18.2 Å². The fraction of sp³-hybridized carbons (Fsp3) is 0.462. The zero-order chi connectivity index (χ0) is 13.7. The Balaban J connectivity index is 0.00000324. The van der Waals surface area contributed by atoms with Gasteiger partial charge in [0, 0.05) is 16.2 Å². The third-order valence-electron chi connectivity index (χ3n) is 2.55. The third-order valence-corrected chi connectivity index (χ3v) is 3.44. The maximum Gasteiger partial charge on any atom is 0.252 e. The van der Waals surface area contributed by atoms with E-state index in [0.717, 1.165) is 6.42 Å².